The van der Waals surface area contributed by atoms with E-state index in [0.717, 1.165) is 32.5 Å². The van der Waals surface area contributed by atoms with E-state index in [1.165, 1.54) is 4.31 Å². The number of hydrogen-bond donors (Lipinski definition) is 2. The second-order valence-corrected chi connectivity index (χ2v) is 8.02. The Morgan fingerprint density at radius 3 is 2.30 bits per heavy atom. The van der Waals surface area contributed by atoms with Gasteiger partial charge in [0.1, 0.15) is 0 Å². The number of rotatable bonds is 7. The number of carboxylic acid groups (broad SMARTS) is 1. The van der Waals surface area contributed by atoms with Crippen LogP contribution in [0.4, 0.5) is 0 Å². The van der Waals surface area contributed by atoms with Crippen molar-refractivity contribution in [1.29, 1.82) is 0 Å². The van der Waals surface area contributed by atoms with E-state index < -0.39 is 10.0 Å². The van der Waals surface area contributed by atoms with Crippen molar-refractivity contribution in [2.45, 2.75) is 25.7 Å². The molecule has 0 atom stereocenters. The average molecular weight is 351 g/mol. The smallest absolute Gasteiger partial charge is 0.290 e. The van der Waals surface area contributed by atoms with E-state index in [9.17, 15) is 13.2 Å². The van der Waals surface area contributed by atoms with Crippen molar-refractivity contribution in [3.8, 4) is 0 Å². The molecule has 1 fully saturated rings. The van der Waals surface area contributed by atoms with Crippen molar-refractivity contribution in [3.05, 3.63) is 0 Å². The largest absolute Gasteiger partial charge is 0.483 e. The van der Waals surface area contributed by atoms with Gasteiger partial charge in [-0.15, -0.1) is 0 Å². The maximum atomic E-state index is 11.6. The number of nitrogens with one attached hydrogen (secondary N) is 1. The first kappa shape index (κ1) is 21.8. The zero-order chi connectivity index (χ0) is 17.9. The number of hydrogen-bond acceptors (Lipinski definition) is 5. The van der Waals surface area contributed by atoms with Gasteiger partial charge in [0.05, 0.1) is 5.75 Å². The number of carbonyl (C=O) groups excluding carboxylic acids is 1. The Balaban J connectivity index is 0.00000149. The van der Waals surface area contributed by atoms with E-state index in [4.69, 9.17) is 9.90 Å². The highest BCUT2D eigenvalue weighted by Gasteiger charge is 2.21. The van der Waals surface area contributed by atoms with E-state index in [-0.39, 0.29) is 18.1 Å². The zero-order valence-electron chi connectivity index (χ0n) is 14.2. The lowest BCUT2D eigenvalue weighted by atomic mass is 9.93. The van der Waals surface area contributed by atoms with Gasteiger partial charge < -0.3 is 15.3 Å². The van der Waals surface area contributed by atoms with Gasteiger partial charge in [0, 0.05) is 27.6 Å². The average Bonchev–Trinajstić information content (AvgIpc) is 2.49. The number of carbonyl (C=O) groups is 2. The maximum Gasteiger partial charge on any atom is 0.290 e. The van der Waals surface area contributed by atoms with Crippen LogP contribution in [0.2, 0.25) is 0 Å². The standard InChI is InChI=1S/C13H27N3O3S.CH2O2/c1-14-13(17)11-12-5-8-16(9-6-12)7-4-10-20(18,19)15(2)3;2-1-3/h12H,4-11H2,1-3H3,(H,14,17);1H,(H,2,3). The molecule has 1 heterocycles. The van der Waals surface area contributed by atoms with E-state index in [2.05, 4.69) is 10.2 Å². The normalized spacial score (nSPS) is 16.5. The summed E-state index contributed by atoms with van der Waals surface area (Å²) in [6.07, 6.45) is 3.32. The minimum atomic E-state index is -3.08. The van der Waals surface area contributed by atoms with Gasteiger partial charge in [0.15, 0.2) is 0 Å². The molecule has 9 heteroatoms. The minimum absolute atomic E-state index is 0.112. The molecule has 0 spiro atoms. The molecule has 1 saturated heterocycles. The summed E-state index contributed by atoms with van der Waals surface area (Å²) in [6.45, 7) is 2.49. The summed E-state index contributed by atoms with van der Waals surface area (Å²) in [5.74, 6) is 0.787. The maximum absolute atomic E-state index is 11.6. The van der Waals surface area contributed by atoms with Crippen molar-refractivity contribution in [2.75, 3.05) is 46.5 Å². The summed E-state index contributed by atoms with van der Waals surface area (Å²) in [7, 11) is 1.73. The Bertz CT molecular complexity index is 445. The number of amides is 1. The minimum Gasteiger partial charge on any atom is -0.483 e. The van der Waals surface area contributed by atoms with Gasteiger partial charge in [-0.25, -0.2) is 12.7 Å². The van der Waals surface area contributed by atoms with Gasteiger partial charge in [-0.3, -0.25) is 9.59 Å². The molecule has 136 valence electrons. The molecular weight excluding hydrogens is 322 g/mol. The van der Waals surface area contributed by atoms with Gasteiger partial charge in [-0.2, -0.15) is 0 Å². The van der Waals surface area contributed by atoms with Crippen LogP contribution in [0.25, 0.3) is 0 Å². The topological polar surface area (TPSA) is 107 Å². The van der Waals surface area contributed by atoms with Crippen molar-refractivity contribution in [1.82, 2.24) is 14.5 Å². The zero-order valence-corrected chi connectivity index (χ0v) is 15.0. The van der Waals surface area contributed by atoms with Crippen molar-refractivity contribution < 1.29 is 23.1 Å². The fourth-order valence-electron chi connectivity index (χ4n) is 2.43. The van der Waals surface area contributed by atoms with Gasteiger partial charge in [-0.1, -0.05) is 0 Å². The summed E-state index contributed by atoms with van der Waals surface area (Å²) in [5, 5.41) is 9.55. The number of piperidine rings is 1. The number of likely N-dealkylation sites (tertiary alicyclic amines) is 1. The predicted octanol–water partition coefficient (Wildman–Crippen LogP) is -0.183. The van der Waals surface area contributed by atoms with Gasteiger partial charge in [-0.05, 0) is 44.8 Å². The van der Waals surface area contributed by atoms with Crippen molar-refractivity contribution in [2.24, 2.45) is 5.92 Å². The van der Waals surface area contributed by atoms with Gasteiger partial charge in [0.25, 0.3) is 6.47 Å². The van der Waals surface area contributed by atoms with Crippen molar-refractivity contribution >= 4 is 22.4 Å². The molecule has 0 unspecified atom stereocenters. The fraction of sp³-hybridized carbons (Fsp3) is 0.857. The molecule has 0 aromatic rings. The van der Waals surface area contributed by atoms with Crippen LogP contribution in [0.5, 0.6) is 0 Å². The molecule has 1 aliphatic rings. The van der Waals surface area contributed by atoms with Crippen LogP contribution in [-0.4, -0.2) is 81.6 Å². The molecule has 0 aromatic carbocycles. The van der Waals surface area contributed by atoms with Crippen molar-refractivity contribution in [3.63, 3.8) is 0 Å². The summed E-state index contributed by atoms with van der Waals surface area (Å²) in [5.41, 5.74) is 0. The Labute approximate surface area is 138 Å². The summed E-state index contributed by atoms with van der Waals surface area (Å²) >= 11 is 0. The molecule has 8 nitrogen and oxygen atoms in total. The molecule has 1 aliphatic heterocycles. The fourth-order valence-corrected chi connectivity index (χ4v) is 3.29. The molecular formula is C14H29N3O5S. The van der Waals surface area contributed by atoms with Gasteiger partial charge >= 0.3 is 0 Å². The summed E-state index contributed by atoms with van der Waals surface area (Å²) in [6, 6.07) is 0. The molecule has 0 aromatic heterocycles. The second kappa shape index (κ2) is 11.4. The molecule has 1 amide bonds. The third-order valence-corrected chi connectivity index (χ3v) is 5.81. The van der Waals surface area contributed by atoms with Crippen LogP contribution in [0.3, 0.4) is 0 Å². The van der Waals surface area contributed by atoms with Crippen LogP contribution < -0.4 is 5.32 Å². The summed E-state index contributed by atoms with van der Waals surface area (Å²) in [4.78, 5) is 22.0. The predicted molar refractivity (Wildman–Crippen MR) is 88.6 cm³/mol. The first-order valence-corrected chi connectivity index (χ1v) is 9.28. The summed E-state index contributed by atoms with van der Waals surface area (Å²) < 4.78 is 24.6. The molecule has 0 saturated carbocycles. The highest BCUT2D eigenvalue weighted by Crippen LogP contribution is 2.20. The molecule has 0 bridgehead atoms. The Kier molecular flexibility index (Phi) is 10.8. The van der Waals surface area contributed by atoms with Crippen LogP contribution >= 0.6 is 0 Å². The molecule has 2 N–H and O–H groups in total. The third-order valence-electron chi connectivity index (χ3n) is 3.89. The highest BCUT2D eigenvalue weighted by molar-refractivity contribution is 7.89. The monoisotopic (exact) mass is 351 g/mol. The first-order valence-electron chi connectivity index (χ1n) is 7.67. The van der Waals surface area contributed by atoms with E-state index >= 15 is 0 Å². The van der Waals surface area contributed by atoms with Crippen LogP contribution in [0.15, 0.2) is 0 Å². The van der Waals surface area contributed by atoms with E-state index in [1.807, 2.05) is 0 Å². The first-order chi connectivity index (χ1) is 10.8. The SMILES string of the molecule is CNC(=O)CC1CCN(CCCS(=O)(=O)N(C)C)CC1.O=CO. The second-order valence-electron chi connectivity index (χ2n) is 5.72. The highest BCUT2D eigenvalue weighted by atomic mass is 32.2. The molecule has 0 aliphatic carbocycles. The lowest BCUT2D eigenvalue weighted by Crippen LogP contribution is -2.37. The quantitative estimate of drug-likeness (QED) is 0.616. The molecule has 23 heavy (non-hydrogen) atoms. The molecule has 0 radical (unpaired) electrons. The third kappa shape index (κ3) is 9.52. The molecule has 1 rings (SSSR count). The Morgan fingerprint density at radius 2 is 1.87 bits per heavy atom. The van der Waals surface area contributed by atoms with E-state index in [0.29, 0.717) is 18.8 Å². The van der Waals surface area contributed by atoms with Crippen LogP contribution in [0.1, 0.15) is 25.7 Å². The Hall–Kier alpha value is -1.19. The van der Waals surface area contributed by atoms with E-state index in [1.54, 1.807) is 21.1 Å². The Morgan fingerprint density at radius 1 is 1.35 bits per heavy atom. The number of sulfonamides is 1. The van der Waals surface area contributed by atoms with Gasteiger partial charge in [0.2, 0.25) is 15.9 Å². The van der Waals surface area contributed by atoms with Crippen LogP contribution in [0, 0.1) is 5.92 Å². The lowest BCUT2D eigenvalue weighted by molar-refractivity contribution is -0.123. The van der Waals surface area contributed by atoms with Crippen LogP contribution in [-0.2, 0) is 19.6 Å². The lowest BCUT2D eigenvalue weighted by Gasteiger charge is -2.31. The number of nitrogens with zero attached hydrogens (tertiary/aromatic N) is 2.